The fourth-order valence-electron chi connectivity index (χ4n) is 4.92. The number of amides is 1. The van der Waals surface area contributed by atoms with Gasteiger partial charge in [0.1, 0.15) is 0 Å². The van der Waals surface area contributed by atoms with E-state index < -0.39 is 10.0 Å². The smallest absolute Gasteiger partial charge is 0.240 e. The second-order valence-corrected chi connectivity index (χ2v) is 11.9. The Bertz CT molecular complexity index is 1090. The Hall–Kier alpha value is -1.69. The first kappa shape index (κ1) is 25.4. The molecule has 1 atom stereocenters. The molecule has 2 aliphatic rings. The van der Waals surface area contributed by atoms with Gasteiger partial charge in [0.05, 0.1) is 10.9 Å². The van der Waals surface area contributed by atoms with Crippen LogP contribution in [0.15, 0.2) is 53.4 Å². The molecule has 1 aliphatic heterocycles. The standard InChI is InChI=1S/C25H33IN4O3S/c1-2-28-23-16-21(12-13-22(23)26)34(32,33)29-20-10-8-19(9-11-20)25(31)30-15-14-27-17-24(30)18-6-4-3-5-7-18/h3-7,12-13,16,19-20,24,27-29H,2,8-11,14-15,17H2,1H3/t19?,20?,24-/m1/s1. The Kier molecular flexibility index (Phi) is 8.49. The molecular weight excluding hydrogens is 563 g/mol. The Morgan fingerprint density at radius 1 is 1.12 bits per heavy atom. The number of hydrogen-bond donors (Lipinski definition) is 3. The average molecular weight is 597 g/mol. The number of nitrogens with one attached hydrogen (secondary N) is 3. The molecule has 4 rings (SSSR count). The van der Waals surface area contributed by atoms with Gasteiger partial charge in [0.2, 0.25) is 15.9 Å². The Labute approximate surface area is 216 Å². The first-order chi connectivity index (χ1) is 16.4. The zero-order chi connectivity index (χ0) is 24.1. The van der Waals surface area contributed by atoms with Gasteiger partial charge in [-0.15, -0.1) is 0 Å². The highest BCUT2D eigenvalue weighted by molar-refractivity contribution is 14.1. The number of rotatable bonds is 7. The first-order valence-electron chi connectivity index (χ1n) is 12.0. The minimum atomic E-state index is -3.62. The fraction of sp³-hybridized carbons (Fsp3) is 0.480. The van der Waals surface area contributed by atoms with Crippen molar-refractivity contribution in [2.75, 3.05) is 31.5 Å². The second-order valence-electron chi connectivity index (χ2n) is 9.00. The van der Waals surface area contributed by atoms with Crippen LogP contribution >= 0.6 is 22.6 Å². The van der Waals surface area contributed by atoms with Crippen LogP contribution in [0, 0.1) is 9.49 Å². The van der Waals surface area contributed by atoms with E-state index in [-0.39, 0.29) is 28.8 Å². The summed E-state index contributed by atoms with van der Waals surface area (Å²) in [5.74, 6) is 0.147. The topological polar surface area (TPSA) is 90.5 Å². The lowest BCUT2D eigenvalue weighted by Gasteiger charge is -2.40. The summed E-state index contributed by atoms with van der Waals surface area (Å²) >= 11 is 2.20. The predicted octanol–water partition coefficient (Wildman–Crippen LogP) is 3.73. The third-order valence-electron chi connectivity index (χ3n) is 6.72. The summed E-state index contributed by atoms with van der Waals surface area (Å²) in [6, 6.07) is 15.2. The molecule has 9 heteroatoms. The lowest BCUT2D eigenvalue weighted by molar-refractivity contribution is -0.140. The number of sulfonamides is 1. The monoisotopic (exact) mass is 596 g/mol. The van der Waals surface area contributed by atoms with Crippen LogP contribution in [-0.2, 0) is 14.8 Å². The summed E-state index contributed by atoms with van der Waals surface area (Å²) in [6.07, 6.45) is 2.74. The zero-order valence-electron chi connectivity index (χ0n) is 19.5. The van der Waals surface area contributed by atoms with Crippen molar-refractivity contribution in [1.82, 2.24) is 14.9 Å². The average Bonchev–Trinajstić information content (AvgIpc) is 2.86. The van der Waals surface area contributed by atoms with E-state index in [4.69, 9.17) is 0 Å². The van der Waals surface area contributed by atoms with Crippen LogP contribution < -0.4 is 15.4 Å². The molecule has 0 aromatic heterocycles. The third-order valence-corrected chi connectivity index (χ3v) is 9.18. The molecular formula is C25H33IN4O3S. The second kappa shape index (κ2) is 11.4. The van der Waals surface area contributed by atoms with Crippen LogP contribution in [0.1, 0.15) is 44.2 Å². The van der Waals surface area contributed by atoms with E-state index in [1.54, 1.807) is 12.1 Å². The van der Waals surface area contributed by atoms with Gasteiger partial charge < -0.3 is 15.5 Å². The summed E-state index contributed by atoms with van der Waals surface area (Å²) in [7, 11) is -3.62. The number of carbonyl (C=O) groups excluding carboxylic acids is 1. The van der Waals surface area contributed by atoms with Crippen LogP contribution in [0.3, 0.4) is 0 Å². The molecule has 3 N–H and O–H groups in total. The quantitative estimate of drug-likeness (QED) is 0.424. The molecule has 0 spiro atoms. The van der Waals surface area contributed by atoms with Crippen molar-refractivity contribution < 1.29 is 13.2 Å². The largest absolute Gasteiger partial charge is 0.384 e. The van der Waals surface area contributed by atoms with Gasteiger partial charge in [0.25, 0.3) is 0 Å². The molecule has 184 valence electrons. The van der Waals surface area contributed by atoms with Gasteiger partial charge in [-0.1, -0.05) is 30.3 Å². The van der Waals surface area contributed by atoms with Gasteiger partial charge in [-0.2, -0.15) is 0 Å². The fourth-order valence-corrected chi connectivity index (χ4v) is 6.78. The SMILES string of the molecule is CCNc1cc(S(=O)(=O)NC2CCC(C(=O)N3CCNC[C@@H]3c3ccccc3)CC2)ccc1I. The zero-order valence-corrected chi connectivity index (χ0v) is 22.4. The number of hydrogen-bond acceptors (Lipinski definition) is 5. The minimum Gasteiger partial charge on any atom is -0.384 e. The third kappa shape index (κ3) is 5.92. The van der Waals surface area contributed by atoms with Gasteiger partial charge in [0.15, 0.2) is 0 Å². The maximum atomic E-state index is 13.4. The molecule has 7 nitrogen and oxygen atoms in total. The van der Waals surface area contributed by atoms with Crippen molar-refractivity contribution in [2.45, 2.75) is 49.6 Å². The molecule has 34 heavy (non-hydrogen) atoms. The van der Waals surface area contributed by atoms with Gasteiger partial charge in [-0.05, 0) is 79.0 Å². The number of anilines is 1. The Balaban J connectivity index is 1.37. The van der Waals surface area contributed by atoms with Crippen LogP contribution in [0.4, 0.5) is 5.69 Å². The maximum absolute atomic E-state index is 13.4. The van der Waals surface area contributed by atoms with Crippen molar-refractivity contribution in [3.8, 4) is 0 Å². The van der Waals surface area contributed by atoms with Crippen molar-refractivity contribution in [2.24, 2.45) is 5.92 Å². The summed E-state index contributed by atoms with van der Waals surface area (Å²) in [5, 5.41) is 6.62. The Morgan fingerprint density at radius 3 is 2.56 bits per heavy atom. The van der Waals surface area contributed by atoms with Crippen molar-refractivity contribution in [3.63, 3.8) is 0 Å². The molecule has 2 aromatic carbocycles. The van der Waals surface area contributed by atoms with Gasteiger partial charge in [-0.25, -0.2) is 13.1 Å². The number of benzene rings is 2. The molecule has 1 aliphatic carbocycles. The highest BCUT2D eigenvalue weighted by Crippen LogP contribution is 2.31. The molecule has 2 aromatic rings. The van der Waals surface area contributed by atoms with Gasteiger partial charge >= 0.3 is 0 Å². The van der Waals surface area contributed by atoms with Crippen LogP contribution in [-0.4, -0.2) is 51.4 Å². The van der Waals surface area contributed by atoms with Crippen LogP contribution in [0.25, 0.3) is 0 Å². The molecule has 1 saturated carbocycles. The lowest BCUT2D eigenvalue weighted by atomic mass is 9.85. The molecule has 1 amide bonds. The molecule has 0 unspecified atom stereocenters. The highest BCUT2D eigenvalue weighted by atomic mass is 127. The molecule has 2 fully saturated rings. The van der Waals surface area contributed by atoms with Crippen molar-refractivity contribution >= 4 is 44.2 Å². The number of nitrogens with zero attached hydrogens (tertiary/aromatic N) is 1. The summed E-state index contributed by atoms with van der Waals surface area (Å²) in [5.41, 5.74) is 1.98. The molecule has 0 bridgehead atoms. The number of halogens is 1. The normalized spacial score (nSPS) is 23.5. The van der Waals surface area contributed by atoms with E-state index in [1.807, 2.05) is 36.1 Å². The van der Waals surface area contributed by atoms with E-state index in [2.05, 4.69) is 50.1 Å². The van der Waals surface area contributed by atoms with E-state index in [0.29, 0.717) is 32.2 Å². The van der Waals surface area contributed by atoms with Gasteiger partial charge in [-0.3, -0.25) is 4.79 Å². The first-order valence-corrected chi connectivity index (χ1v) is 14.6. The van der Waals surface area contributed by atoms with Crippen LogP contribution in [0.2, 0.25) is 0 Å². The summed E-state index contributed by atoms with van der Waals surface area (Å²) in [6.45, 7) is 4.97. The minimum absolute atomic E-state index is 0.0467. The highest BCUT2D eigenvalue weighted by Gasteiger charge is 2.35. The molecule has 1 heterocycles. The van der Waals surface area contributed by atoms with Crippen molar-refractivity contribution in [3.05, 3.63) is 57.7 Å². The van der Waals surface area contributed by atoms with E-state index in [9.17, 15) is 13.2 Å². The summed E-state index contributed by atoms with van der Waals surface area (Å²) < 4.78 is 29.9. The maximum Gasteiger partial charge on any atom is 0.240 e. The number of piperazine rings is 1. The predicted molar refractivity (Wildman–Crippen MR) is 143 cm³/mol. The molecule has 0 radical (unpaired) electrons. The Morgan fingerprint density at radius 2 is 1.85 bits per heavy atom. The van der Waals surface area contributed by atoms with E-state index in [1.165, 1.54) is 0 Å². The van der Waals surface area contributed by atoms with Crippen molar-refractivity contribution in [1.29, 1.82) is 0 Å². The van der Waals surface area contributed by atoms with Crippen LogP contribution in [0.5, 0.6) is 0 Å². The lowest BCUT2D eigenvalue weighted by Crippen LogP contribution is -2.51. The summed E-state index contributed by atoms with van der Waals surface area (Å²) in [4.78, 5) is 15.7. The van der Waals surface area contributed by atoms with Gasteiger partial charge in [0, 0.05) is 47.4 Å². The number of carbonyl (C=O) groups is 1. The van der Waals surface area contributed by atoms with E-state index >= 15 is 0 Å². The molecule has 1 saturated heterocycles. The van der Waals surface area contributed by atoms with E-state index in [0.717, 1.165) is 34.5 Å².